The van der Waals surface area contributed by atoms with Crippen LogP contribution < -0.4 is 11.3 Å². The Hall–Kier alpha value is -1.33. The monoisotopic (exact) mass is 251 g/mol. The first-order valence-corrected chi connectivity index (χ1v) is 6.42. The Labute approximate surface area is 107 Å². The molecule has 1 aromatic rings. The number of piperidine rings is 1. The van der Waals surface area contributed by atoms with Gasteiger partial charge in [-0.05, 0) is 36.9 Å². The van der Waals surface area contributed by atoms with Gasteiger partial charge in [0.1, 0.15) is 5.76 Å². The summed E-state index contributed by atoms with van der Waals surface area (Å²) in [5, 5.41) is 0. The van der Waals surface area contributed by atoms with E-state index in [0.29, 0.717) is 5.92 Å². The number of nitrogens with one attached hydrogen (secondary N) is 1. The van der Waals surface area contributed by atoms with Gasteiger partial charge in [0.05, 0.1) is 6.54 Å². The van der Waals surface area contributed by atoms with Gasteiger partial charge in [-0.25, -0.2) is 5.84 Å². The van der Waals surface area contributed by atoms with Gasteiger partial charge in [0.25, 0.3) is 0 Å². The zero-order chi connectivity index (χ0) is 13.1. The predicted octanol–water partition coefficient (Wildman–Crippen LogP) is 1.36. The largest absolute Gasteiger partial charge is 0.455 e. The summed E-state index contributed by atoms with van der Waals surface area (Å²) in [5.41, 5.74) is 2.06. The molecule has 0 spiro atoms. The average molecular weight is 251 g/mol. The van der Waals surface area contributed by atoms with Crippen LogP contribution in [0.4, 0.5) is 0 Å². The second kappa shape index (κ2) is 5.54. The van der Waals surface area contributed by atoms with E-state index in [1.807, 2.05) is 6.07 Å². The molecule has 0 aromatic carbocycles. The molecule has 0 bridgehead atoms. The summed E-state index contributed by atoms with van der Waals surface area (Å²) in [5.74, 6) is 7.26. The smallest absolute Gasteiger partial charge is 0.300 e. The lowest BCUT2D eigenvalue weighted by molar-refractivity contribution is 0.0916. The number of rotatable bonds is 3. The van der Waals surface area contributed by atoms with Gasteiger partial charge in [0.15, 0.2) is 5.76 Å². The molecule has 3 N–H and O–H groups in total. The molecule has 0 radical (unpaired) electrons. The molecule has 1 aliphatic heterocycles. The summed E-state index contributed by atoms with van der Waals surface area (Å²) in [6.45, 7) is 7.52. The molecule has 5 heteroatoms. The first-order valence-electron chi connectivity index (χ1n) is 6.42. The summed E-state index contributed by atoms with van der Waals surface area (Å²) in [4.78, 5) is 13.6. The molecule has 1 saturated heterocycles. The first-order chi connectivity index (χ1) is 8.60. The number of nitrogens with two attached hydrogens (primary N) is 1. The van der Waals surface area contributed by atoms with Gasteiger partial charge < -0.3 is 4.42 Å². The molecule has 1 fully saturated rings. The van der Waals surface area contributed by atoms with Crippen LogP contribution in [-0.2, 0) is 6.54 Å². The Morgan fingerprint density at radius 1 is 1.50 bits per heavy atom. The van der Waals surface area contributed by atoms with Gasteiger partial charge in [-0.1, -0.05) is 13.8 Å². The molecule has 1 aliphatic rings. The van der Waals surface area contributed by atoms with Crippen molar-refractivity contribution >= 4 is 5.91 Å². The van der Waals surface area contributed by atoms with E-state index in [1.54, 1.807) is 6.07 Å². The van der Waals surface area contributed by atoms with Crippen LogP contribution in [0.1, 0.15) is 36.6 Å². The van der Waals surface area contributed by atoms with E-state index in [1.165, 1.54) is 6.42 Å². The Bertz CT molecular complexity index is 416. The minimum atomic E-state index is -0.387. The van der Waals surface area contributed by atoms with Crippen molar-refractivity contribution in [3.8, 4) is 0 Å². The Kier molecular flexibility index (Phi) is 4.04. The van der Waals surface area contributed by atoms with Crippen LogP contribution in [0.2, 0.25) is 0 Å². The molecule has 2 rings (SSSR count). The maximum atomic E-state index is 11.3. The highest BCUT2D eigenvalue weighted by Gasteiger charge is 2.23. The second-order valence-electron chi connectivity index (χ2n) is 5.22. The summed E-state index contributed by atoms with van der Waals surface area (Å²) in [6.07, 6.45) is 1.22. The molecule has 100 valence electrons. The number of likely N-dealkylation sites (tertiary alicyclic amines) is 1. The average Bonchev–Trinajstić information content (AvgIpc) is 2.81. The molecule has 2 unspecified atom stereocenters. The molecular weight excluding hydrogens is 230 g/mol. The van der Waals surface area contributed by atoms with Crippen molar-refractivity contribution in [1.82, 2.24) is 10.3 Å². The molecule has 1 amide bonds. The fourth-order valence-corrected chi connectivity index (χ4v) is 2.37. The van der Waals surface area contributed by atoms with Gasteiger partial charge >= 0.3 is 5.91 Å². The minimum absolute atomic E-state index is 0.269. The van der Waals surface area contributed by atoms with E-state index in [9.17, 15) is 4.79 Å². The van der Waals surface area contributed by atoms with Crippen molar-refractivity contribution in [2.45, 2.75) is 26.8 Å². The Balaban J connectivity index is 1.93. The van der Waals surface area contributed by atoms with Crippen LogP contribution in [0.3, 0.4) is 0 Å². The minimum Gasteiger partial charge on any atom is -0.455 e. The molecule has 18 heavy (non-hydrogen) atoms. The first kappa shape index (κ1) is 13.1. The van der Waals surface area contributed by atoms with E-state index >= 15 is 0 Å². The van der Waals surface area contributed by atoms with Crippen LogP contribution >= 0.6 is 0 Å². The van der Waals surface area contributed by atoms with Crippen LogP contribution in [0.25, 0.3) is 0 Å². The van der Waals surface area contributed by atoms with Gasteiger partial charge in [-0.2, -0.15) is 0 Å². The van der Waals surface area contributed by atoms with Crippen molar-refractivity contribution in [2.75, 3.05) is 13.1 Å². The third-order valence-corrected chi connectivity index (χ3v) is 3.81. The van der Waals surface area contributed by atoms with Crippen molar-refractivity contribution in [3.05, 3.63) is 23.7 Å². The quantitative estimate of drug-likeness (QED) is 0.483. The summed E-state index contributed by atoms with van der Waals surface area (Å²) in [6, 6.07) is 3.50. The molecule has 2 atom stereocenters. The lowest BCUT2D eigenvalue weighted by atomic mass is 9.89. The van der Waals surface area contributed by atoms with E-state index in [4.69, 9.17) is 10.3 Å². The Morgan fingerprint density at radius 2 is 2.28 bits per heavy atom. The van der Waals surface area contributed by atoms with Crippen molar-refractivity contribution < 1.29 is 9.21 Å². The number of hydrazine groups is 1. The summed E-state index contributed by atoms with van der Waals surface area (Å²) in [7, 11) is 0. The van der Waals surface area contributed by atoms with Gasteiger partial charge in [0, 0.05) is 6.54 Å². The van der Waals surface area contributed by atoms with Crippen LogP contribution in [0.5, 0.6) is 0 Å². The van der Waals surface area contributed by atoms with Crippen LogP contribution in [-0.4, -0.2) is 23.9 Å². The van der Waals surface area contributed by atoms with E-state index in [0.717, 1.165) is 31.3 Å². The number of nitrogen functional groups attached to an aromatic ring is 1. The number of furan rings is 1. The van der Waals surface area contributed by atoms with E-state index in [2.05, 4.69) is 24.2 Å². The van der Waals surface area contributed by atoms with Gasteiger partial charge in [0.2, 0.25) is 0 Å². The lowest BCUT2D eigenvalue weighted by Crippen LogP contribution is -2.37. The van der Waals surface area contributed by atoms with Crippen molar-refractivity contribution in [1.29, 1.82) is 0 Å². The highest BCUT2D eigenvalue weighted by atomic mass is 16.4. The summed E-state index contributed by atoms with van der Waals surface area (Å²) < 4.78 is 5.47. The predicted molar refractivity (Wildman–Crippen MR) is 68.6 cm³/mol. The number of amides is 1. The van der Waals surface area contributed by atoms with Crippen molar-refractivity contribution in [3.63, 3.8) is 0 Å². The molecule has 5 nitrogen and oxygen atoms in total. The molecule has 0 saturated carbocycles. The molecule has 0 aliphatic carbocycles. The summed E-state index contributed by atoms with van der Waals surface area (Å²) >= 11 is 0. The highest BCUT2D eigenvalue weighted by molar-refractivity contribution is 5.90. The maximum Gasteiger partial charge on any atom is 0.300 e. The number of carbonyl (C=O) groups is 1. The standard InChI is InChI=1S/C13H21N3O2/c1-9-5-6-16(7-10(9)2)8-11-3-4-12(18-11)13(17)15-14/h3-4,9-10H,5-8,14H2,1-2H3,(H,15,17). The van der Waals surface area contributed by atoms with Crippen molar-refractivity contribution in [2.24, 2.45) is 17.7 Å². The van der Waals surface area contributed by atoms with Gasteiger partial charge in [-0.3, -0.25) is 15.1 Å². The fraction of sp³-hybridized carbons (Fsp3) is 0.615. The SMILES string of the molecule is CC1CCN(Cc2ccc(C(=O)NN)o2)CC1C. The number of hydrogen-bond donors (Lipinski definition) is 2. The topological polar surface area (TPSA) is 71.5 Å². The van der Waals surface area contributed by atoms with E-state index < -0.39 is 0 Å². The third kappa shape index (κ3) is 2.91. The highest BCUT2D eigenvalue weighted by Crippen LogP contribution is 2.24. The third-order valence-electron chi connectivity index (χ3n) is 3.81. The lowest BCUT2D eigenvalue weighted by Gasteiger charge is -2.34. The second-order valence-corrected chi connectivity index (χ2v) is 5.22. The normalized spacial score (nSPS) is 25.1. The number of carbonyl (C=O) groups excluding carboxylic acids is 1. The van der Waals surface area contributed by atoms with Crippen LogP contribution in [0.15, 0.2) is 16.5 Å². The Morgan fingerprint density at radius 3 is 2.94 bits per heavy atom. The zero-order valence-corrected chi connectivity index (χ0v) is 11.0. The fourth-order valence-electron chi connectivity index (χ4n) is 2.37. The van der Waals surface area contributed by atoms with E-state index in [-0.39, 0.29) is 11.7 Å². The number of nitrogens with zero attached hydrogens (tertiary/aromatic N) is 1. The van der Waals surface area contributed by atoms with Gasteiger partial charge in [-0.15, -0.1) is 0 Å². The van der Waals surface area contributed by atoms with Crippen LogP contribution in [0, 0.1) is 11.8 Å². The molecular formula is C13H21N3O2. The molecule has 1 aromatic heterocycles. The zero-order valence-electron chi connectivity index (χ0n) is 11.0. The molecule has 2 heterocycles. The maximum absolute atomic E-state index is 11.3. The number of hydrogen-bond acceptors (Lipinski definition) is 4.